The molecule has 108 valence electrons. The lowest BCUT2D eigenvalue weighted by atomic mass is 10.1. The Morgan fingerprint density at radius 3 is 2.67 bits per heavy atom. The van der Waals surface area contributed by atoms with Crippen molar-refractivity contribution in [1.82, 2.24) is 15.0 Å². The lowest BCUT2D eigenvalue weighted by Gasteiger charge is -2.03. The number of hydrogen-bond acceptors (Lipinski definition) is 3. The van der Waals surface area contributed by atoms with Crippen LogP contribution in [0.25, 0.3) is 11.2 Å². The van der Waals surface area contributed by atoms with E-state index in [4.69, 9.17) is 0 Å². The molecule has 0 unspecified atom stereocenters. The monoisotopic (exact) mass is 361 g/mol. The molecule has 0 saturated carbocycles. The molecule has 2 heterocycles. The van der Waals surface area contributed by atoms with Gasteiger partial charge in [0.1, 0.15) is 0 Å². The van der Waals surface area contributed by atoms with Crippen LogP contribution in [0.5, 0.6) is 0 Å². The van der Waals surface area contributed by atoms with Gasteiger partial charge in [0.15, 0.2) is 10.8 Å². The van der Waals surface area contributed by atoms with Gasteiger partial charge in [0.2, 0.25) is 0 Å². The first kappa shape index (κ1) is 14.6. The molecule has 1 N–H and O–H groups in total. The smallest absolute Gasteiger partial charge is 0.178 e. The summed E-state index contributed by atoms with van der Waals surface area (Å²) in [6.07, 6.45) is 0. The van der Waals surface area contributed by atoms with E-state index >= 15 is 0 Å². The van der Waals surface area contributed by atoms with E-state index in [1.54, 1.807) is 11.8 Å². The summed E-state index contributed by atoms with van der Waals surface area (Å²) in [5.41, 5.74) is 6.68. The molecule has 0 atom stereocenters. The van der Waals surface area contributed by atoms with Crippen molar-refractivity contribution >= 4 is 38.9 Å². The van der Waals surface area contributed by atoms with Crippen molar-refractivity contribution in [3.8, 4) is 0 Å². The lowest BCUT2D eigenvalue weighted by molar-refractivity contribution is 1.07. The number of rotatable bonds is 3. The van der Waals surface area contributed by atoms with Crippen LogP contribution in [0.3, 0.4) is 0 Å². The maximum atomic E-state index is 4.55. The zero-order valence-electron chi connectivity index (χ0n) is 12.2. The maximum Gasteiger partial charge on any atom is 0.178 e. The number of aryl methyl sites for hydroxylation is 3. The molecule has 2 aromatic heterocycles. The molecule has 0 spiro atoms. The van der Waals surface area contributed by atoms with Gasteiger partial charge in [-0.1, -0.05) is 30.0 Å². The fraction of sp³-hybridized carbons (Fsp3) is 0.250. The van der Waals surface area contributed by atoms with Gasteiger partial charge in [0.05, 0.1) is 11.2 Å². The maximum absolute atomic E-state index is 4.55. The highest BCUT2D eigenvalue weighted by Gasteiger charge is 2.08. The molecular formula is C16H16BrN3S. The number of aromatic amines is 1. The number of aromatic nitrogens is 3. The first-order chi connectivity index (χ1) is 10.0. The van der Waals surface area contributed by atoms with Crippen molar-refractivity contribution in [2.24, 2.45) is 0 Å². The number of benzene rings is 1. The number of imidazole rings is 1. The summed E-state index contributed by atoms with van der Waals surface area (Å²) in [7, 11) is 0. The molecule has 0 amide bonds. The second kappa shape index (κ2) is 5.81. The van der Waals surface area contributed by atoms with Crippen molar-refractivity contribution in [3.63, 3.8) is 0 Å². The first-order valence-corrected chi connectivity index (χ1v) is 8.52. The van der Waals surface area contributed by atoms with Crippen LogP contribution in [0, 0.1) is 20.8 Å². The Balaban J connectivity index is 1.80. The van der Waals surface area contributed by atoms with Gasteiger partial charge < -0.3 is 4.98 Å². The minimum absolute atomic E-state index is 0.776. The Bertz CT molecular complexity index is 772. The number of hydrogen-bond donors (Lipinski definition) is 1. The minimum Gasteiger partial charge on any atom is -0.331 e. The average Bonchev–Trinajstić information content (AvgIpc) is 2.82. The molecule has 5 heteroatoms. The van der Waals surface area contributed by atoms with E-state index in [-0.39, 0.29) is 0 Å². The number of nitrogens with zero attached hydrogens (tertiary/aromatic N) is 2. The lowest BCUT2D eigenvalue weighted by Crippen LogP contribution is -1.86. The molecule has 0 fully saturated rings. The average molecular weight is 362 g/mol. The van der Waals surface area contributed by atoms with Gasteiger partial charge in [-0.2, -0.15) is 0 Å². The molecular weight excluding hydrogens is 346 g/mol. The molecule has 0 aliphatic heterocycles. The Labute approximate surface area is 136 Å². The number of pyridine rings is 1. The molecule has 0 saturated heterocycles. The van der Waals surface area contributed by atoms with Gasteiger partial charge in [0, 0.05) is 10.2 Å². The number of nitrogens with one attached hydrogen (secondary N) is 1. The van der Waals surface area contributed by atoms with Crippen molar-refractivity contribution < 1.29 is 0 Å². The normalized spacial score (nSPS) is 11.2. The molecule has 21 heavy (non-hydrogen) atoms. The van der Waals surface area contributed by atoms with E-state index in [2.05, 4.69) is 62.9 Å². The Hall–Kier alpha value is -1.33. The number of halogens is 1. The third-order valence-electron chi connectivity index (χ3n) is 3.53. The summed E-state index contributed by atoms with van der Waals surface area (Å²) in [6.45, 7) is 6.26. The topological polar surface area (TPSA) is 41.6 Å². The van der Waals surface area contributed by atoms with Crippen LogP contribution in [0.4, 0.5) is 0 Å². The van der Waals surface area contributed by atoms with Crippen LogP contribution in [0.15, 0.2) is 33.9 Å². The quantitative estimate of drug-likeness (QED) is 0.671. The zero-order chi connectivity index (χ0) is 15.0. The summed E-state index contributed by atoms with van der Waals surface area (Å²) < 4.78 is 1.00. The third-order valence-corrected chi connectivity index (χ3v) is 5.27. The van der Waals surface area contributed by atoms with Gasteiger partial charge in [-0.3, -0.25) is 0 Å². The van der Waals surface area contributed by atoms with E-state index in [9.17, 15) is 0 Å². The summed E-state index contributed by atoms with van der Waals surface area (Å²) >= 11 is 5.20. The Morgan fingerprint density at radius 1 is 1.10 bits per heavy atom. The SMILES string of the molecule is Cc1ccc(CSc2nc3nc(C)c(Br)cc3[nH]2)cc1C. The van der Waals surface area contributed by atoms with Crippen LogP contribution in [-0.2, 0) is 5.75 Å². The van der Waals surface area contributed by atoms with Gasteiger partial charge in [0.25, 0.3) is 0 Å². The summed E-state index contributed by atoms with van der Waals surface area (Å²) in [5, 5.41) is 0.910. The van der Waals surface area contributed by atoms with Gasteiger partial charge in [-0.25, -0.2) is 9.97 Å². The zero-order valence-corrected chi connectivity index (χ0v) is 14.6. The molecule has 3 nitrogen and oxygen atoms in total. The molecule has 1 aromatic carbocycles. The minimum atomic E-state index is 0.776. The molecule has 3 rings (SSSR count). The molecule has 0 bridgehead atoms. The van der Waals surface area contributed by atoms with Gasteiger partial charge in [-0.05, 0) is 59.5 Å². The Kier molecular flexibility index (Phi) is 4.04. The highest BCUT2D eigenvalue weighted by atomic mass is 79.9. The van der Waals surface area contributed by atoms with E-state index in [0.29, 0.717) is 0 Å². The number of fused-ring (bicyclic) bond motifs is 1. The predicted octanol–water partition coefficient (Wildman–Crippen LogP) is 4.94. The van der Waals surface area contributed by atoms with E-state index in [1.807, 2.05) is 13.0 Å². The third kappa shape index (κ3) is 3.14. The van der Waals surface area contributed by atoms with E-state index in [1.165, 1.54) is 16.7 Å². The van der Waals surface area contributed by atoms with Crippen molar-refractivity contribution in [1.29, 1.82) is 0 Å². The standard InChI is InChI=1S/C16H16BrN3S/c1-9-4-5-12(6-10(9)2)8-21-16-19-14-7-13(17)11(3)18-15(14)20-16/h4-7H,8H2,1-3H3,(H,18,19,20). The van der Waals surface area contributed by atoms with Crippen LogP contribution >= 0.6 is 27.7 Å². The summed E-state index contributed by atoms with van der Waals surface area (Å²) in [4.78, 5) is 12.3. The molecule has 0 aliphatic carbocycles. The van der Waals surface area contributed by atoms with Crippen molar-refractivity contribution in [2.75, 3.05) is 0 Å². The van der Waals surface area contributed by atoms with Crippen molar-refractivity contribution in [3.05, 3.63) is 51.1 Å². The van der Waals surface area contributed by atoms with E-state index in [0.717, 1.165) is 32.2 Å². The molecule has 0 radical (unpaired) electrons. The van der Waals surface area contributed by atoms with E-state index < -0.39 is 0 Å². The second-order valence-electron chi connectivity index (χ2n) is 5.18. The van der Waals surface area contributed by atoms with Crippen LogP contribution in [0.2, 0.25) is 0 Å². The fourth-order valence-corrected chi connectivity index (χ4v) is 3.23. The Morgan fingerprint density at radius 2 is 1.90 bits per heavy atom. The largest absolute Gasteiger partial charge is 0.331 e. The van der Waals surface area contributed by atoms with Crippen LogP contribution < -0.4 is 0 Å². The van der Waals surface area contributed by atoms with Gasteiger partial charge in [-0.15, -0.1) is 0 Å². The molecule has 0 aliphatic rings. The van der Waals surface area contributed by atoms with Crippen molar-refractivity contribution in [2.45, 2.75) is 31.7 Å². The summed E-state index contributed by atoms with van der Waals surface area (Å²) in [6, 6.07) is 8.62. The highest BCUT2D eigenvalue weighted by Crippen LogP contribution is 2.25. The first-order valence-electron chi connectivity index (χ1n) is 6.75. The predicted molar refractivity (Wildman–Crippen MR) is 91.8 cm³/mol. The summed E-state index contributed by atoms with van der Waals surface area (Å²) in [5.74, 6) is 0.904. The van der Waals surface area contributed by atoms with Gasteiger partial charge >= 0.3 is 0 Å². The number of thioether (sulfide) groups is 1. The highest BCUT2D eigenvalue weighted by molar-refractivity contribution is 9.10. The van der Waals surface area contributed by atoms with Crippen LogP contribution in [0.1, 0.15) is 22.4 Å². The van der Waals surface area contributed by atoms with Crippen LogP contribution in [-0.4, -0.2) is 15.0 Å². The molecule has 3 aromatic rings. The second-order valence-corrected chi connectivity index (χ2v) is 6.99. The number of H-pyrrole nitrogens is 1. The fourth-order valence-electron chi connectivity index (χ4n) is 2.10.